The first-order valence-electron chi connectivity index (χ1n) is 7.68. The molecule has 2 fully saturated rings. The summed E-state index contributed by atoms with van der Waals surface area (Å²) in [4.78, 5) is 2.44. The Hall–Kier alpha value is -0.910. The minimum Gasteiger partial charge on any atom is -0.367 e. The van der Waals surface area contributed by atoms with Crippen LogP contribution in [0.1, 0.15) is 32.1 Å². The van der Waals surface area contributed by atoms with Gasteiger partial charge in [-0.2, -0.15) is 8.75 Å². The number of anilines is 1. The molecule has 2 heterocycles. The molecule has 1 spiro atoms. The number of rotatable bonds is 1. The van der Waals surface area contributed by atoms with E-state index in [2.05, 4.69) is 19.0 Å². The molecular formula is C15H19ClN4S. The maximum absolute atomic E-state index is 6.52. The Bertz CT molecular complexity index is 650. The lowest BCUT2D eigenvalue weighted by Gasteiger charge is -2.34. The average Bonchev–Trinajstić information content (AvgIpc) is 3.07. The summed E-state index contributed by atoms with van der Waals surface area (Å²) in [5.41, 5.74) is 3.27. The van der Waals surface area contributed by atoms with Crippen LogP contribution in [0.15, 0.2) is 12.1 Å². The van der Waals surface area contributed by atoms with Crippen LogP contribution in [0.2, 0.25) is 5.02 Å². The third kappa shape index (κ3) is 2.41. The van der Waals surface area contributed by atoms with Crippen molar-refractivity contribution < 1.29 is 0 Å². The molecule has 2 aromatic rings. The predicted octanol–water partition coefficient (Wildman–Crippen LogP) is 3.46. The number of hydrogen-bond donors (Lipinski definition) is 1. The molecular weight excluding hydrogens is 304 g/mol. The van der Waals surface area contributed by atoms with Gasteiger partial charge in [-0.1, -0.05) is 24.4 Å². The molecule has 112 valence electrons. The van der Waals surface area contributed by atoms with Gasteiger partial charge in [0, 0.05) is 18.6 Å². The van der Waals surface area contributed by atoms with Gasteiger partial charge in [0.15, 0.2) is 0 Å². The van der Waals surface area contributed by atoms with Gasteiger partial charge in [0.1, 0.15) is 11.0 Å². The van der Waals surface area contributed by atoms with Crippen LogP contribution >= 0.6 is 23.3 Å². The van der Waals surface area contributed by atoms with Crippen molar-refractivity contribution in [2.75, 3.05) is 24.5 Å². The second-order valence-electron chi connectivity index (χ2n) is 6.22. The van der Waals surface area contributed by atoms with Crippen LogP contribution in [0.5, 0.6) is 0 Å². The topological polar surface area (TPSA) is 41.1 Å². The second kappa shape index (κ2) is 5.38. The number of fused-ring (bicyclic) bond motifs is 1. The van der Waals surface area contributed by atoms with Crippen LogP contribution in [0.3, 0.4) is 0 Å². The molecule has 4 rings (SSSR count). The Morgan fingerprint density at radius 2 is 2.05 bits per heavy atom. The third-order valence-corrected chi connectivity index (χ3v) is 5.67. The fourth-order valence-corrected chi connectivity index (χ4v) is 4.63. The van der Waals surface area contributed by atoms with E-state index in [1.165, 1.54) is 37.4 Å². The lowest BCUT2D eigenvalue weighted by atomic mass is 9.97. The summed E-state index contributed by atoms with van der Waals surface area (Å²) in [6, 6.07) is 3.92. The van der Waals surface area contributed by atoms with E-state index in [0.29, 0.717) is 0 Å². The molecule has 0 amide bonds. The van der Waals surface area contributed by atoms with E-state index in [9.17, 15) is 0 Å². The van der Waals surface area contributed by atoms with Crippen LogP contribution in [0.4, 0.5) is 5.69 Å². The maximum Gasteiger partial charge on any atom is 0.129 e. The summed E-state index contributed by atoms with van der Waals surface area (Å²) in [6.45, 7) is 3.16. The quantitative estimate of drug-likeness (QED) is 0.873. The number of aromatic nitrogens is 2. The highest BCUT2D eigenvalue weighted by molar-refractivity contribution is 7.00. The first kappa shape index (κ1) is 13.7. The van der Waals surface area contributed by atoms with Gasteiger partial charge in [0.2, 0.25) is 0 Å². The molecule has 1 N–H and O–H groups in total. The van der Waals surface area contributed by atoms with Gasteiger partial charge >= 0.3 is 0 Å². The molecule has 1 saturated carbocycles. The highest BCUT2D eigenvalue weighted by Gasteiger charge is 2.37. The predicted molar refractivity (Wildman–Crippen MR) is 88.5 cm³/mol. The molecule has 1 saturated heterocycles. The lowest BCUT2D eigenvalue weighted by Crippen LogP contribution is -2.49. The van der Waals surface area contributed by atoms with Crippen molar-refractivity contribution in [1.29, 1.82) is 0 Å². The zero-order chi connectivity index (χ0) is 14.3. The highest BCUT2D eigenvalue weighted by atomic mass is 35.5. The fourth-order valence-electron chi connectivity index (χ4n) is 3.82. The lowest BCUT2D eigenvalue weighted by molar-refractivity contribution is 0.355. The van der Waals surface area contributed by atoms with Gasteiger partial charge < -0.3 is 10.2 Å². The zero-order valence-corrected chi connectivity index (χ0v) is 13.5. The Balaban J connectivity index is 1.76. The summed E-state index contributed by atoms with van der Waals surface area (Å²) < 4.78 is 8.84. The summed E-state index contributed by atoms with van der Waals surface area (Å²) in [5, 5.41) is 4.60. The van der Waals surface area contributed by atoms with Gasteiger partial charge in [-0.3, -0.25) is 0 Å². The first-order chi connectivity index (χ1) is 10.3. The Morgan fingerprint density at radius 3 is 2.90 bits per heavy atom. The SMILES string of the molecule is Clc1ccc2nsnc2c1N1CCCNC2(CCCC2)C1. The molecule has 1 aromatic heterocycles. The molecule has 0 unspecified atom stereocenters. The van der Waals surface area contributed by atoms with Crippen molar-refractivity contribution >= 4 is 40.0 Å². The van der Waals surface area contributed by atoms with Gasteiger partial charge in [-0.25, -0.2) is 0 Å². The fraction of sp³-hybridized carbons (Fsp3) is 0.600. The van der Waals surface area contributed by atoms with E-state index in [-0.39, 0.29) is 5.54 Å². The van der Waals surface area contributed by atoms with Crippen molar-refractivity contribution in [3.05, 3.63) is 17.2 Å². The minimum absolute atomic E-state index is 0.269. The number of nitrogens with zero attached hydrogens (tertiary/aromatic N) is 3. The Kier molecular flexibility index (Phi) is 3.52. The van der Waals surface area contributed by atoms with E-state index in [4.69, 9.17) is 11.6 Å². The van der Waals surface area contributed by atoms with Crippen LogP contribution in [0.25, 0.3) is 11.0 Å². The number of halogens is 1. The Morgan fingerprint density at radius 1 is 1.19 bits per heavy atom. The Labute approximate surface area is 133 Å². The molecule has 0 bridgehead atoms. The second-order valence-corrected chi connectivity index (χ2v) is 7.15. The third-order valence-electron chi connectivity index (χ3n) is 4.83. The monoisotopic (exact) mass is 322 g/mol. The van der Waals surface area contributed by atoms with Crippen LogP contribution < -0.4 is 10.2 Å². The molecule has 1 aliphatic heterocycles. The summed E-state index contributed by atoms with van der Waals surface area (Å²) >= 11 is 7.78. The van der Waals surface area contributed by atoms with Gasteiger partial charge in [-0.15, -0.1) is 0 Å². The normalized spacial score (nSPS) is 22.0. The van der Waals surface area contributed by atoms with Gasteiger partial charge in [0.25, 0.3) is 0 Å². The summed E-state index contributed by atoms with van der Waals surface area (Å²) in [5.74, 6) is 0. The molecule has 4 nitrogen and oxygen atoms in total. The van der Waals surface area contributed by atoms with Crippen molar-refractivity contribution in [2.45, 2.75) is 37.6 Å². The maximum atomic E-state index is 6.52. The van der Waals surface area contributed by atoms with Gasteiger partial charge in [-0.05, 0) is 37.9 Å². The molecule has 1 aliphatic carbocycles. The van der Waals surface area contributed by atoms with E-state index in [0.717, 1.165) is 47.8 Å². The van der Waals surface area contributed by atoms with Crippen LogP contribution in [0, 0.1) is 0 Å². The minimum atomic E-state index is 0.269. The first-order valence-corrected chi connectivity index (χ1v) is 8.79. The zero-order valence-electron chi connectivity index (χ0n) is 11.9. The molecule has 0 radical (unpaired) electrons. The van der Waals surface area contributed by atoms with E-state index in [1.807, 2.05) is 12.1 Å². The summed E-state index contributed by atoms with van der Waals surface area (Å²) in [7, 11) is 0. The molecule has 6 heteroatoms. The van der Waals surface area contributed by atoms with Crippen molar-refractivity contribution in [1.82, 2.24) is 14.1 Å². The van der Waals surface area contributed by atoms with Crippen LogP contribution in [-0.2, 0) is 0 Å². The summed E-state index contributed by atoms with van der Waals surface area (Å²) in [6.07, 6.45) is 6.35. The van der Waals surface area contributed by atoms with E-state index in [1.54, 1.807) is 0 Å². The number of benzene rings is 1. The molecule has 2 aliphatic rings. The van der Waals surface area contributed by atoms with Gasteiger partial charge in [0.05, 0.1) is 22.4 Å². The van der Waals surface area contributed by atoms with E-state index >= 15 is 0 Å². The smallest absolute Gasteiger partial charge is 0.129 e. The van der Waals surface area contributed by atoms with Crippen molar-refractivity contribution in [2.24, 2.45) is 0 Å². The van der Waals surface area contributed by atoms with E-state index < -0.39 is 0 Å². The standard InChI is InChI=1S/C15H19ClN4S/c16-11-4-5-12-13(19-21-18-12)14(11)20-9-3-8-17-15(10-20)6-1-2-7-15/h4-5,17H,1-3,6-10H2. The van der Waals surface area contributed by atoms with Crippen molar-refractivity contribution in [3.63, 3.8) is 0 Å². The molecule has 1 aromatic carbocycles. The number of nitrogens with one attached hydrogen (secondary N) is 1. The van der Waals surface area contributed by atoms with Crippen LogP contribution in [-0.4, -0.2) is 33.9 Å². The highest BCUT2D eigenvalue weighted by Crippen LogP contribution is 2.38. The molecule has 0 atom stereocenters. The van der Waals surface area contributed by atoms with Crippen molar-refractivity contribution in [3.8, 4) is 0 Å². The largest absolute Gasteiger partial charge is 0.367 e. The average molecular weight is 323 g/mol. The molecule has 21 heavy (non-hydrogen) atoms. The number of hydrogen-bond acceptors (Lipinski definition) is 5.